The SMILES string of the molecule is CN=C(NCCNc1ncccc1C(F)(F)F)NCC(C(C)C)N1CCOCC1. The molecule has 1 atom stereocenters. The number of anilines is 1. The Morgan fingerprint density at radius 1 is 1.24 bits per heavy atom. The van der Waals surface area contributed by atoms with Crippen molar-refractivity contribution in [3.8, 4) is 0 Å². The topological polar surface area (TPSA) is 73.8 Å². The van der Waals surface area contributed by atoms with Crippen LogP contribution in [0.25, 0.3) is 0 Å². The first kappa shape index (κ1) is 23.2. The van der Waals surface area contributed by atoms with E-state index >= 15 is 0 Å². The molecule has 164 valence electrons. The summed E-state index contributed by atoms with van der Waals surface area (Å²) >= 11 is 0. The molecule has 2 rings (SSSR count). The van der Waals surface area contributed by atoms with Gasteiger partial charge in [-0.05, 0) is 18.1 Å². The molecule has 0 aliphatic carbocycles. The summed E-state index contributed by atoms with van der Waals surface area (Å²) in [7, 11) is 1.67. The Hall–Kier alpha value is -2.07. The van der Waals surface area contributed by atoms with Gasteiger partial charge in [0.1, 0.15) is 5.82 Å². The summed E-state index contributed by atoms with van der Waals surface area (Å²) in [6.07, 6.45) is -3.10. The van der Waals surface area contributed by atoms with Crippen molar-refractivity contribution in [2.45, 2.75) is 26.1 Å². The second kappa shape index (κ2) is 11.2. The molecular weight excluding hydrogens is 385 g/mol. The van der Waals surface area contributed by atoms with Crippen molar-refractivity contribution in [2.75, 3.05) is 58.3 Å². The molecule has 1 unspecified atom stereocenters. The summed E-state index contributed by atoms with van der Waals surface area (Å²) in [6, 6.07) is 2.64. The predicted molar refractivity (Wildman–Crippen MR) is 108 cm³/mol. The van der Waals surface area contributed by atoms with Crippen molar-refractivity contribution in [3.05, 3.63) is 23.9 Å². The van der Waals surface area contributed by atoms with Crippen LogP contribution in [-0.2, 0) is 10.9 Å². The molecule has 1 aromatic rings. The summed E-state index contributed by atoms with van der Waals surface area (Å²) in [4.78, 5) is 10.4. The summed E-state index contributed by atoms with van der Waals surface area (Å²) < 4.78 is 44.4. The molecule has 1 aliphatic rings. The number of guanidine groups is 1. The third-order valence-electron chi connectivity index (χ3n) is 4.81. The van der Waals surface area contributed by atoms with Gasteiger partial charge in [-0.3, -0.25) is 9.89 Å². The largest absolute Gasteiger partial charge is 0.419 e. The third kappa shape index (κ3) is 7.36. The van der Waals surface area contributed by atoms with Crippen molar-refractivity contribution < 1.29 is 17.9 Å². The van der Waals surface area contributed by atoms with E-state index < -0.39 is 11.7 Å². The first-order valence-corrected chi connectivity index (χ1v) is 9.85. The van der Waals surface area contributed by atoms with Gasteiger partial charge in [0.05, 0.1) is 18.8 Å². The van der Waals surface area contributed by atoms with Crippen molar-refractivity contribution in [3.63, 3.8) is 0 Å². The Morgan fingerprint density at radius 3 is 2.59 bits per heavy atom. The van der Waals surface area contributed by atoms with Crippen LogP contribution in [0, 0.1) is 5.92 Å². The van der Waals surface area contributed by atoms with Gasteiger partial charge in [-0.2, -0.15) is 13.2 Å². The molecule has 2 heterocycles. The van der Waals surface area contributed by atoms with Crippen LogP contribution in [0.15, 0.2) is 23.3 Å². The minimum atomic E-state index is -4.44. The lowest BCUT2D eigenvalue weighted by Gasteiger charge is -2.37. The highest BCUT2D eigenvalue weighted by molar-refractivity contribution is 5.79. The van der Waals surface area contributed by atoms with Crippen molar-refractivity contribution in [1.29, 1.82) is 0 Å². The van der Waals surface area contributed by atoms with Gasteiger partial charge in [0.2, 0.25) is 0 Å². The van der Waals surface area contributed by atoms with Gasteiger partial charge in [-0.1, -0.05) is 13.8 Å². The number of aromatic nitrogens is 1. The van der Waals surface area contributed by atoms with Crippen molar-refractivity contribution in [2.24, 2.45) is 10.9 Å². The molecule has 10 heteroatoms. The predicted octanol–water partition coefficient (Wildman–Crippen LogP) is 2.03. The fourth-order valence-electron chi connectivity index (χ4n) is 3.25. The lowest BCUT2D eigenvalue weighted by molar-refractivity contribution is -0.137. The first-order chi connectivity index (χ1) is 13.8. The van der Waals surface area contributed by atoms with E-state index in [1.807, 2.05) is 0 Å². The van der Waals surface area contributed by atoms with E-state index in [-0.39, 0.29) is 12.4 Å². The number of nitrogens with one attached hydrogen (secondary N) is 3. The lowest BCUT2D eigenvalue weighted by atomic mass is 10.0. The molecule has 0 amide bonds. The number of nitrogens with zero attached hydrogens (tertiary/aromatic N) is 3. The van der Waals surface area contributed by atoms with Crippen LogP contribution in [0.3, 0.4) is 0 Å². The lowest BCUT2D eigenvalue weighted by Crippen LogP contribution is -2.52. The minimum absolute atomic E-state index is 0.170. The molecule has 29 heavy (non-hydrogen) atoms. The van der Waals surface area contributed by atoms with Crippen LogP contribution in [0.4, 0.5) is 19.0 Å². The molecule has 1 aliphatic heterocycles. The maximum Gasteiger partial charge on any atom is 0.419 e. The van der Waals surface area contributed by atoms with E-state index in [0.717, 1.165) is 38.9 Å². The Morgan fingerprint density at radius 2 is 1.97 bits per heavy atom. The second-order valence-corrected chi connectivity index (χ2v) is 7.16. The van der Waals surface area contributed by atoms with Gasteiger partial charge >= 0.3 is 6.18 Å². The summed E-state index contributed by atoms with van der Waals surface area (Å²) in [6.45, 7) is 9.08. The van der Waals surface area contributed by atoms with E-state index in [1.54, 1.807) is 7.05 Å². The van der Waals surface area contributed by atoms with E-state index in [0.29, 0.717) is 24.5 Å². The summed E-state index contributed by atoms with van der Waals surface area (Å²) in [5, 5.41) is 9.17. The molecule has 0 aromatic carbocycles. The smallest absolute Gasteiger partial charge is 0.379 e. The minimum Gasteiger partial charge on any atom is -0.379 e. The molecule has 0 spiro atoms. The van der Waals surface area contributed by atoms with Gasteiger partial charge < -0.3 is 20.7 Å². The summed E-state index contributed by atoms with van der Waals surface area (Å²) in [5.74, 6) is 0.907. The normalized spacial score (nSPS) is 17.3. The van der Waals surface area contributed by atoms with Crippen LogP contribution in [0.5, 0.6) is 0 Å². The highest BCUT2D eigenvalue weighted by Gasteiger charge is 2.33. The number of alkyl halides is 3. The van der Waals surface area contributed by atoms with Crippen molar-refractivity contribution in [1.82, 2.24) is 20.5 Å². The number of ether oxygens (including phenoxy) is 1. The molecular formula is C19H31F3N6O. The zero-order valence-electron chi connectivity index (χ0n) is 17.2. The van der Waals surface area contributed by atoms with E-state index in [9.17, 15) is 13.2 Å². The van der Waals surface area contributed by atoms with Gasteiger partial charge in [-0.15, -0.1) is 0 Å². The molecule has 0 bridgehead atoms. The highest BCUT2D eigenvalue weighted by Crippen LogP contribution is 2.33. The van der Waals surface area contributed by atoms with Crippen LogP contribution >= 0.6 is 0 Å². The number of pyridine rings is 1. The van der Waals surface area contributed by atoms with Gasteiger partial charge in [-0.25, -0.2) is 4.98 Å². The fourth-order valence-corrected chi connectivity index (χ4v) is 3.25. The van der Waals surface area contributed by atoms with E-state index in [1.165, 1.54) is 12.3 Å². The van der Waals surface area contributed by atoms with E-state index in [4.69, 9.17) is 4.74 Å². The maximum atomic E-state index is 13.0. The monoisotopic (exact) mass is 416 g/mol. The Bertz CT molecular complexity index is 647. The molecule has 1 aromatic heterocycles. The number of hydrogen-bond donors (Lipinski definition) is 3. The van der Waals surface area contributed by atoms with Gasteiger partial charge in [0.25, 0.3) is 0 Å². The Kier molecular flexibility index (Phi) is 8.97. The highest BCUT2D eigenvalue weighted by atomic mass is 19.4. The van der Waals surface area contributed by atoms with Gasteiger partial charge in [0.15, 0.2) is 5.96 Å². The molecule has 1 saturated heterocycles. The van der Waals surface area contributed by atoms with Gasteiger partial charge in [0, 0.05) is 52.0 Å². The maximum absolute atomic E-state index is 13.0. The molecule has 7 nitrogen and oxygen atoms in total. The number of morpholine rings is 1. The molecule has 3 N–H and O–H groups in total. The van der Waals surface area contributed by atoms with Crippen LogP contribution in [0.2, 0.25) is 0 Å². The first-order valence-electron chi connectivity index (χ1n) is 9.85. The van der Waals surface area contributed by atoms with Crippen LogP contribution in [-0.4, -0.2) is 74.9 Å². The molecule has 1 fully saturated rings. The molecule has 0 saturated carbocycles. The second-order valence-electron chi connectivity index (χ2n) is 7.16. The number of aliphatic imine (C=N–C) groups is 1. The number of rotatable bonds is 8. The molecule has 0 radical (unpaired) electrons. The average Bonchev–Trinajstić information content (AvgIpc) is 2.70. The average molecular weight is 416 g/mol. The number of hydrogen-bond acceptors (Lipinski definition) is 5. The van der Waals surface area contributed by atoms with Crippen LogP contribution in [0.1, 0.15) is 19.4 Å². The Labute approximate surface area is 170 Å². The third-order valence-corrected chi connectivity index (χ3v) is 4.81. The van der Waals surface area contributed by atoms with E-state index in [2.05, 4.69) is 44.7 Å². The van der Waals surface area contributed by atoms with Crippen LogP contribution < -0.4 is 16.0 Å². The Balaban J connectivity index is 1.79. The zero-order chi connectivity index (χ0) is 21.3. The summed E-state index contributed by atoms with van der Waals surface area (Å²) in [5.41, 5.74) is -0.771. The van der Waals surface area contributed by atoms with Crippen molar-refractivity contribution >= 4 is 11.8 Å². The zero-order valence-corrected chi connectivity index (χ0v) is 17.2. The fraction of sp³-hybridized carbons (Fsp3) is 0.684. The standard InChI is InChI=1S/C19H31F3N6O/c1-14(2)16(28-9-11-29-12-10-28)13-27-18(23-3)26-8-7-25-17-15(19(20,21)22)5-4-6-24-17/h4-6,14,16H,7-13H2,1-3H3,(H,24,25)(H2,23,26,27). The number of halogens is 3. The quantitative estimate of drug-likeness (QED) is 0.342.